The SMILES string of the molecule is CCCCO[C@@H]1O[C@H](CO)[C@@H](O)[C@H](O[C@@H]2O[C@H](CO)[C@@H](O)[C@H](O[C@@H]3O[C@H](CO)[C@@H](O)[C@H](O)[C@H]3O)[C@H]2O)[C@H]1O. The maximum Gasteiger partial charge on any atom is 0.187 e. The highest BCUT2D eigenvalue weighted by Gasteiger charge is 2.53. The van der Waals surface area contributed by atoms with Crippen molar-refractivity contribution in [1.29, 1.82) is 0 Å². The first kappa shape index (κ1) is 31.9. The van der Waals surface area contributed by atoms with Crippen molar-refractivity contribution in [3.05, 3.63) is 0 Å². The maximum absolute atomic E-state index is 10.9. The van der Waals surface area contributed by atoms with Gasteiger partial charge in [-0.15, -0.1) is 0 Å². The fraction of sp³-hybridized carbons (Fsp3) is 1.00. The average molecular weight is 561 g/mol. The molecule has 0 aromatic heterocycles. The summed E-state index contributed by atoms with van der Waals surface area (Å²) in [6.45, 7) is -0.0685. The molecule has 0 unspecified atom stereocenters. The molecule has 3 aliphatic heterocycles. The summed E-state index contributed by atoms with van der Waals surface area (Å²) in [5.41, 5.74) is 0. The molecule has 0 bridgehead atoms. The van der Waals surface area contributed by atoms with Crippen LogP contribution in [0.5, 0.6) is 0 Å². The topological polar surface area (TPSA) is 258 Å². The highest BCUT2D eigenvalue weighted by atomic mass is 16.8. The Labute approximate surface area is 218 Å². The fourth-order valence-corrected chi connectivity index (χ4v) is 4.51. The van der Waals surface area contributed by atoms with Crippen LogP contribution in [0.15, 0.2) is 0 Å². The van der Waals surface area contributed by atoms with Crippen molar-refractivity contribution in [1.82, 2.24) is 0 Å². The van der Waals surface area contributed by atoms with E-state index in [1.54, 1.807) is 0 Å². The normalized spacial score (nSPS) is 48.2. The van der Waals surface area contributed by atoms with Gasteiger partial charge >= 0.3 is 0 Å². The van der Waals surface area contributed by atoms with E-state index in [0.29, 0.717) is 6.42 Å². The van der Waals surface area contributed by atoms with Gasteiger partial charge < -0.3 is 79.5 Å². The van der Waals surface area contributed by atoms with Gasteiger partial charge in [-0.25, -0.2) is 0 Å². The second-order valence-electron chi connectivity index (χ2n) is 9.54. The van der Waals surface area contributed by atoms with Crippen LogP contribution in [0.4, 0.5) is 0 Å². The van der Waals surface area contributed by atoms with Crippen LogP contribution >= 0.6 is 0 Å². The summed E-state index contributed by atoms with van der Waals surface area (Å²) in [4.78, 5) is 0. The Hall–Kier alpha value is -0.640. The third-order valence-corrected chi connectivity index (χ3v) is 6.85. The summed E-state index contributed by atoms with van der Waals surface area (Å²) >= 11 is 0. The maximum atomic E-state index is 10.9. The quantitative estimate of drug-likeness (QED) is 0.106. The molecule has 16 heteroatoms. The predicted octanol–water partition coefficient (Wildman–Crippen LogP) is -5.75. The van der Waals surface area contributed by atoms with Gasteiger partial charge in [0, 0.05) is 6.61 Å². The van der Waals surface area contributed by atoms with Crippen molar-refractivity contribution in [2.45, 2.75) is 112 Å². The molecule has 0 saturated carbocycles. The van der Waals surface area contributed by atoms with Crippen LogP contribution in [0.25, 0.3) is 0 Å². The Morgan fingerprint density at radius 1 is 0.526 bits per heavy atom. The third kappa shape index (κ3) is 6.80. The largest absolute Gasteiger partial charge is 0.394 e. The van der Waals surface area contributed by atoms with Crippen molar-refractivity contribution >= 4 is 0 Å². The smallest absolute Gasteiger partial charge is 0.187 e. The zero-order valence-corrected chi connectivity index (χ0v) is 20.8. The lowest BCUT2D eigenvalue weighted by atomic mass is 9.96. The van der Waals surface area contributed by atoms with Crippen LogP contribution in [0.3, 0.4) is 0 Å². The van der Waals surface area contributed by atoms with Crippen molar-refractivity contribution in [3.8, 4) is 0 Å². The van der Waals surface area contributed by atoms with Crippen LogP contribution in [0, 0.1) is 0 Å². The monoisotopic (exact) mass is 560 g/mol. The molecule has 3 saturated heterocycles. The second-order valence-corrected chi connectivity index (χ2v) is 9.54. The number of aliphatic hydroxyl groups is 10. The van der Waals surface area contributed by atoms with Crippen molar-refractivity contribution < 1.29 is 79.5 Å². The Balaban J connectivity index is 1.77. The summed E-state index contributed by atoms with van der Waals surface area (Å²) in [5.74, 6) is 0. The van der Waals surface area contributed by atoms with E-state index in [0.717, 1.165) is 6.42 Å². The number of hydrogen-bond donors (Lipinski definition) is 10. The number of hydrogen-bond acceptors (Lipinski definition) is 16. The molecule has 0 amide bonds. The molecule has 0 aliphatic carbocycles. The van der Waals surface area contributed by atoms with Crippen LogP contribution < -0.4 is 0 Å². The van der Waals surface area contributed by atoms with Crippen LogP contribution in [0.2, 0.25) is 0 Å². The number of rotatable bonds is 11. The molecule has 3 heterocycles. The van der Waals surface area contributed by atoms with Gasteiger partial charge in [-0.2, -0.15) is 0 Å². The zero-order valence-electron chi connectivity index (χ0n) is 20.8. The molecule has 15 atom stereocenters. The molecule has 0 radical (unpaired) electrons. The van der Waals surface area contributed by atoms with Gasteiger partial charge in [0.2, 0.25) is 0 Å². The second kappa shape index (κ2) is 14.3. The molecule has 16 nitrogen and oxygen atoms in total. The number of unbranched alkanes of at least 4 members (excludes halogenated alkanes) is 1. The number of ether oxygens (including phenoxy) is 6. The molecule has 0 aromatic carbocycles. The van der Waals surface area contributed by atoms with E-state index in [1.807, 2.05) is 6.92 Å². The van der Waals surface area contributed by atoms with E-state index >= 15 is 0 Å². The summed E-state index contributed by atoms with van der Waals surface area (Å²) in [7, 11) is 0. The fourth-order valence-electron chi connectivity index (χ4n) is 4.51. The summed E-state index contributed by atoms with van der Waals surface area (Å²) < 4.78 is 32.8. The molecule has 3 aliphatic rings. The van der Waals surface area contributed by atoms with Crippen LogP contribution in [-0.2, 0) is 28.4 Å². The number of aliphatic hydroxyl groups excluding tert-OH is 10. The Kier molecular flexibility index (Phi) is 12.0. The van der Waals surface area contributed by atoms with Crippen LogP contribution in [0.1, 0.15) is 19.8 Å². The van der Waals surface area contributed by atoms with Gasteiger partial charge in [0.05, 0.1) is 19.8 Å². The molecule has 10 N–H and O–H groups in total. The van der Waals surface area contributed by atoms with E-state index in [-0.39, 0.29) is 6.61 Å². The minimum Gasteiger partial charge on any atom is -0.394 e. The van der Waals surface area contributed by atoms with E-state index in [9.17, 15) is 51.1 Å². The Bertz CT molecular complexity index is 700. The Morgan fingerprint density at radius 3 is 1.42 bits per heavy atom. The molecule has 3 rings (SSSR count). The lowest BCUT2D eigenvalue weighted by Gasteiger charge is -2.48. The standard InChI is InChI=1S/C22H40O16/c1-2-3-4-33-20-16(31)18(12(27)9(6-24)34-20)38-22-17(32)19(13(28)10(7-25)36-22)37-21-15(30)14(29)11(26)8(5-23)35-21/h8-32H,2-7H2,1H3/t8-,9-,10-,11-,12-,13-,14+,15-,16-,17-,18+,19+,20-,21+,22+/m1/s1. The molecule has 0 spiro atoms. The van der Waals surface area contributed by atoms with Crippen molar-refractivity contribution in [2.24, 2.45) is 0 Å². The molecular weight excluding hydrogens is 520 g/mol. The lowest BCUT2D eigenvalue weighted by Crippen LogP contribution is -2.67. The first-order valence-electron chi connectivity index (χ1n) is 12.6. The van der Waals surface area contributed by atoms with E-state index in [1.165, 1.54) is 0 Å². The van der Waals surface area contributed by atoms with Crippen molar-refractivity contribution in [2.75, 3.05) is 26.4 Å². The molecule has 38 heavy (non-hydrogen) atoms. The summed E-state index contributed by atoms with van der Waals surface area (Å²) in [6, 6.07) is 0. The van der Waals surface area contributed by atoms with E-state index < -0.39 is 112 Å². The average Bonchev–Trinajstić information content (AvgIpc) is 2.91. The lowest BCUT2D eigenvalue weighted by molar-refractivity contribution is -0.381. The van der Waals surface area contributed by atoms with Gasteiger partial charge in [-0.3, -0.25) is 0 Å². The van der Waals surface area contributed by atoms with E-state index in [4.69, 9.17) is 28.4 Å². The van der Waals surface area contributed by atoms with Gasteiger partial charge in [0.1, 0.15) is 73.2 Å². The van der Waals surface area contributed by atoms with Gasteiger partial charge in [-0.1, -0.05) is 13.3 Å². The third-order valence-electron chi connectivity index (χ3n) is 6.85. The first-order valence-corrected chi connectivity index (χ1v) is 12.6. The summed E-state index contributed by atoms with van der Waals surface area (Å²) in [6.07, 6.45) is -22.7. The van der Waals surface area contributed by atoms with Gasteiger partial charge in [0.15, 0.2) is 18.9 Å². The predicted molar refractivity (Wildman–Crippen MR) is 120 cm³/mol. The minimum absolute atomic E-state index is 0.204. The molecule has 3 fully saturated rings. The highest BCUT2D eigenvalue weighted by molar-refractivity contribution is 4.96. The molecule has 224 valence electrons. The molecule has 0 aromatic rings. The molecular formula is C22H40O16. The van der Waals surface area contributed by atoms with Gasteiger partial charge in [-0.05, 0) is 6.42 Å². The summed E-state index contributed by atoms with van der Waals surface area (Å²) in [5, 5.41) is 102. The first-order chi connectivity index (χ1) is 18.1. The van der Waals surface area contributed by atoms with Crippen molar-refractivity contribution in [3.63, 3.8) is 0 Å². The van der Waals surface area contributed by atoms with E-state index in [2.05, 4.69) is 0 Å². The highest BCUT2D eigenvalue weighted by Crippen LogP contribution is 2.32. The van der Waals surface area contributed by atoms with Gasteiger partial charge in [0.25, 0.3) is 0 Å². The Morgan fingerprint density at radius 2 is 0.947 bits per heavy atom. The zero-order chi connectivity index (χ0) is 28.1. The van der Waals surface area contributed by atoms with Crippen LogP contribution in [-0.4, -0.2) is 170 Å². The minimum atomic E-state index is -1.88.